The average Bonchev–Trinajstić information content (AvgIpc) is 2.81. The fourth-order valence-electron chi connectivity index (χ4n) is 2.26. The van der Waals surface area contributed by atoms with E-state index in [-0.39, 0.29) is 17.4 Å². The number of aromatic nitrogens is 2. The highest BCUT2D eigenvalue weighted by Gasteiger charge is 2.26. The second kappa shape index (κ2) is 4.35. The summed E-state index contributed by atoms with van der Waals surface area (Å²) in [5.41, 5.74) is 3.19. The van der Waals surface area contributed by atoms with Crippen molar-refractivity contribution in [1.82, 2.24) is 14.9 Å². The third kappa shape index (κ3) is 2.03. The molecule has 0 unspecified atom stereocenters. The van der Waals surface area contributed by atoms with E-state index >= 15 is 0 Å². The van der Waals surface area contributed by atoms with Gasteiger partial charge in [0.05, 0.1) is 0 Å². The molecule has 19 heavy (non-hydrogen) atoms. The molecule has 0 bridgehead atoms. The number of fused-ring (bicyclic) bond motifs is 1. The van der Waals surface area contributed by atoms with E-state index in [1.54, 1.807) is 17.2 Å². The van der Waals surface area contributed by atoms with Crippen LogP contribution in [0.3, 0.4) is 0 Å². The van der Waals surface area contributed by atoms with Crippen molar-refractivity contribution in [3.05, 3.63) is 53.1 Å². The van der Waals surface area contributed by atoms with Crippen LogP contribution in [-0.2, 0) is 13.1 Å². The van der Waals surface area contributed by atoms with E-state index in [0.717, 1.165) is 16.8 Å². The summed E-state index contributed by atoms with van der Waals surface area (Å²) in [6.45, 7) is 2.97. The molecule has 3 rings (SSSR count). The molecule has 3 heterocycles. The quantitative estimate of drug-likeness (QED) is 0.841. The van der Waals surface area contributed by atoms with Crippen molar-refractivity contribution in [3.8, 4) is 5.75 Å². The highest BCUT2D eigenvalue weighted by molar-refractivity contribution is 5.95. The summed E-state index contributed by atoms with van der Waals surface area (Å²) in [5, 5.41) is 9.68. The number of rotatable bonds is 1. The van der Waals surface area contributed by atoms with Gasteiger partial charge in [-0.05, 0) is 36.2 Å². The summed E-state index contributed by atoms with van der Waals surface area (Å²) in [7, 11) is 0. The van der Waals surface area contributed by atoms with Gasteiger partial charge in [0.2, 0.25) is 0 Å². The summed E-state index contributed by atoms with van der Waals surface area (Å²) in [6, 6.07) is 5.05. The van der Waals surface area contributed by atoms with Gasteiger partial charge in [-0.25, -0.2) is 4.98 Å². The van der Waals surface area contributed by atoms with Crippen molar-refractivity contribution in [3.63, 3.8) is 0 Å². The Kier molecular flexibility index (Phi) is 2.67. The SMILES string of the molecule is Cc1cc2c(cn1)CN(C(=O)c1ncccc1O)C2. The molecule has 0 fully saturated rings. The highest BCUT2D eigenvalue weighted by Crippen LogP contribution is 2.25. The maximum Gasteiger partial charge on any atom is 0.276 e. The van der Waals surface area contributed by atoms with Crippen molar-refractivity contribution < 1.29 is 9.90 Å². The molecule has 1 aliphatic rings. The van der Waals surface area contributed by atoms with Gasteiger partial charge in [0.15, 0.2) is 5.69 Å². The Morgan fingerprint density at radius 3 is 2.89 bits per heavy atom. The molecule has 0 aliphatic carbocycles. The van der Waals surface area contributed by atoms with Crippen LogP contribution in [0.25, 0.3) is 0 Å². The average molecular weight is 255 g/mol. The monoisotopic (exact) mass is 255 g/mol. The highest BCUT2D eigenvalue weighted by atomic mass is 16.3. The standard InChI is InChI=1S/C14H13N3O2/c1-9-5-10-7-17(8-11(10)6-16-9)14(19)13-12(18)3-2-4-15-13/h2-6,18H,7-8H2,1H3. The molecule has 5 nitrogen and oxygen atoms in total. The molecule has 0 atom stereocenters. The van der Waals surface area contributed by atoms with Gasteiger partial charge in [-0.15, -0.1) is 0 Å². The number of nitrogens with zero attached hydrogens (tertiary/aromatic N) is 3. The first-order valence-corrected chi connectivity index (χ1v) is 6.03. The van der Waals surface area contributed by atoms with Crippen molar-refractivity contribution in [2.24, 2.45) is 0 Å². The first-order valence-electron chi connectivity index (χ1n) is 6.03. The maximum atomic E-state index is 12.3. The lowest BCUT2D eigenvalue weighted by atomic mass is 10.2. The third-order valence-corrected chi connectivity index (χ3v) is 3.22. The van der Waals surface area contributed by atoms with Gasteiger partial charge >= 0.3 is 0 Å². The maximum absolute atomic E-state index is 12.3. The third-order valence-electron chi connectivity index (χ3n) is 3.22. The molecule has 1 aliphatic heterocycles. The predicted octanol–water partition coefficient (Wildman–Crippen LogP) is 1.65. The smallest absolute Gasteiger partial charge is 0.276 e. The molecule has 2 aromatic rings. The largest absolute Gasteiger partial charge is 0.505 e. The van der Waals surface area contributed by atoms with Crippen LogP contribution in [0.4, 0.5) is 0 Å². The molecule has 5 heteroatoms. The van der Waals surface area contributed by atoms with Crippen molar-refractivity contribution in [1.29, 1.82) is 0 Å². The lowest BCUT2D eigenvalue weighted by molar-refractivity contribution is 0.0742. The summed E-state index contributed by atoms with van der Waals surface area (Å²) in [4.78, 5) is 22.1. The Hall–Kier alpha value is -2.43. The number of hydrogen-bond acceptors (Lipinski definition) is 4. The molecule has 2 aromatic heterocycles. The number of amides is 1. The Morgan fingerprint density at radius 2 is 2.11 bits per heavy atom. The normalized spacial score (nSPS) is 13.4. The second-order valence-electron chi connectivity index (χ2n) is 4.63. The van der Waals surface area contributed by atoms with Crippen LogP contribution < -0.4 is 0 Å². The molecule has 0 saturated heterocycles. The van der Waals surface area contributed by atoms with Crippen LogP contribution in [0.15, 0.2) is 30.6 Å². The van der Waals surface area contributed by atoms with E-state index in [9.17, 15) is 9.90 Å². The summed E-state index contributed by atoms with van der Waals surface area (Å²) >= 11 is 0. The minimum absolute atomic E-state index is 0.0854. The number of aromatic hydroxyl groups is 1. The Bertz CT molecular complexity index is 655. The number of aryl methyl sites for hydroxylation is 1. The zero-order valence-electron chi connectivity index (χ0n) is 10.5. The molecule has 1 amide bonds. The van der Waals surface area contributed by atoms with Gasteiger partial charge in [0.1, 0.15) is 5.75 Å². The van der Waals surface area contributed by atoms with Crippen LogP contribution in [0.5, 0.6) is 5.75 Å². The fraction of sp³-hybridized carbons (Fsp3) is 0.214. The van der Waals surface area contributed by atoms with E-state index < -0.39 is 0 Å². The van der Waals surface area contributed by atoms with E-state index in [1.807, 2.05) is 13.0 Å². The predicted molar refractivity (Wildman–Crippen MR) is 68.5 cm³/mol. The minimum atomic E-state index is -0.257. The van der Waals surface area contributed by atoms with Crippen molar-refractivity contribution >= 4 is 5.91 Å². The van der Waals surface area contributed by atoms with E-state index in [2.05, 4.69) is 9.97 Å². The lowest BCUT2D eigenvalue weighted by Gasteiger charge is -2.15. The minimum Gasteiger partial charge on any atom is -0.505 e. The molecular weight excluding hydrogens is 242 g/mol. The van der Waals surface area contributed by atoms with Crippen LogP contribution in [0.1, 0.15) is 27.3 Å². The number of pyridine rings is 2. The summed E-state index contributed by atoms with van der Waals surface area (Å²) < 4.78 is 0. The van der Waals surface area contributed by atoms with E-state index in [1.165, 1.54) is 12.3 Å². The molecule has 1 N–H and O–H groups in total. The first-order chi connectivity index (χ1) is 9.15. The topological polar surface area (TPSA) is 66.3 Å². The van der Waals surface area contributed by atoms with Gasteiger partial charge in [-0.2, -0.15) is 0 Å². The van der Waals surface area contributed by atoms with E-state index in [4.69, 9.17) is 0 Å². The van der Waals surface area contributed by atoms with Gasteiger partial charge < -0.3 is 10.0 Å². The van der Waals surface area contributed by atoms with Gasteiger partial charge in [-0.3, -0.25) is 9.78 Å². The summed E-state index contributed by atoms with van der Waals surface area (Å²) in [6.07, 6.45) is 3.30. The van der Waals surface area contributed by atoms with E-state index in [0.29, 0.717) is 13.1 Å². The van der Waals surface area contributed by atoms with Crippen LogP contribution in [0.2, 0.25) is 0 Å². The number of hydrogen-bond donors (Lipinski definition) is 1. The number of carbonyl (C=O) groups excluding carboxylic acids is 1. The Labute approximate surface area is 110 Å². The van der Waals surface area contributed by atoms with Crippen LogP contribution >= 0.6 is 0 Å². The molecule has 0 saturated carbocycles. The first kappa shape index (κ1) is 11.6. The Balaban J connectivity index is 1.87. The van der Waals surface area contributed by atoms with Gasteiger partial charge in [-0.1, -0.05) is 0 Å². The Morgan fingerprint density at radius 1 is 1.32 bits per heavy atom. The molecule has 0 spiro atoms. The zero-order valence-corrected chi connectivity index (χ0v) is 10.5. The van der Waals surface area contributed by atoms with Crippen molar-refractivity contribution in [2.75, 3.05) is 0 Å². The molecule has 96 valence electrons. The fourth-order valence-corrected chi connectivity index (χ4v) is 2.26. The molecular formula is C14H13N3O2. The second-order valence-corrected chi connectivity index (χ2v) is 4.63. The molecule has 0 radical (unpaired) electrons. The van der Waals surface area contributed by atoms with Gasteiger partial charge in [0.25, 0.3) is 5.91 Å². The van der Waals surface area contributed by atoms with Crippen LogP contribution in [-0.4, -0.2) is 25.9 Å². The summed E-state index contributed by atoms with van der Waals surface area (Å²) in [5.74, 6) is -0.343. The van der Waals surface area contributed by atoms with Crippen molar-refractivity contribution in [2.45, 2.75) is 20.0 Å². The van der Waals surface area contributed by atoms with Gasteiger partial charge in [0, 0.05) is 31.2 Å². The number of carbonyl (C=O) groups is 1. The van der Waals surface area contributed by atoms with Crippen LogP contribution in [0, 0.1) is 6.92 Å². The molecule has 0 aromatic carbocycles. The zero-order chi connectivity index (χ0) is 13.4. The lowest BCUT2D eigenvalue weighted by Crippen LogP contribution is -2.26.